The molecule has 0 spiro atoms. The van der Waals surface area contributed by atoms with Crippen LogP contribution in [0.3, 0.4) is 0 Å². The highest BCUT2D eigenvalue weighted by Gasteiger charge is 2.34. The van der Waals surface area contributed by atoms with Crippen molar-refractivity contribution in [2.45, 2.75) is 24.4 Å². The zero-order valence-corrected chi connectivity index (χ0v) is 16.6. The quantitative estimate of drug-likeness (QED) is 0.332. The summed E-state index contributed by atoms with van der Waals surface area (Å²) in [5.41, 5.74) is 1.99. The SMILES string of the molecule is CC(C(=O)NO)N(Cc1ccc([N+](=O)[O-])cc1)S(=O)(=O)c1cccc2cccnc12. The first-order valence-electron chi connectivity index (χ1n) is 8.78. The van der Waals surface area contributed by atoms with Crippen LogP contribution in [0.4, 0.5) is 5.69 Å². The summed E-state index contributed by atoms with van der Waals surface area (Å²) in [6.45, 7) is 1.07. The standard InChI is InChI=1S/C19H18N4O6S/c1-13(19(24)21-25)22(12-14-7-9-16(10-8-14)23(26)27)30(28,29)17-6-2-4-15-5-3-11-20-18(15)17/h2-11,13,25H,12H2,1H3,(H,21,24). The monoisotopic (exact) mass is 430 g/mol. The van der Waals surface area contributed by atoms with Crippen LogP contribution in [0.2, 0.25) is 0 Å². The van der Waals surface area contributed by atoms with Crippen LogP contribution in [-0.2, 0) is 21.4 Å². The number of nitrogens with one attached hydrogen (secondary N) is 1. The fourth-order valence-electron chi connectivity index (χ4n) is 2.97. The summed E-state index contributed by atoms with van der Waals surface area (Å²) in [5.74, 6) is -0.923. The Morgan fingerprint density at radius 3 is 2.50 bits per heavy atom. The number of hydrogen-bond acceptors (Lipinski definition) is 7. The normalized spacial score (nSPS) is 12.6. The molecule has 0 aliphatic rings. The number of benzene rings is 2. The number of sulfonamides is 1. The maximum Gasteiger partial charge on any atom is 0.269 e. The van der Waals surface area contributed by atoms with Gasteiger partial charge in [-0.3, -0.25) is 25.1 Å². The highest BCUT2D eigenvalue weighted by Crippen LogP contribution is 2.27. The maximum atomic E-state index is 13.5. The van der Waals surface area contributed by atoms with E-state index in [2.05, 4.69) is 4.98 Å². The molecule has 1 amide bonds. The summed E-state index contributed by atoms with van der Waals surface area (Å²) >= 11 is 0. The first kappa shape index (κ1) is 21.3. The van der Waals surface area contributed by atoms with Crippen LogP contribution < -0.4 is 5.48 Å². The van der Waals surface area contributed by atoms with E-state index in [1.54, 1.807) is 24.3 Å². The van der Waals surface area contributed by atoms with Gasteiger partial charge in [-0.15, -0.1) is 0 Å². The Balaban J connectivity index is 2.09. The van der Waals surface area contributed by atoms with E-state index >= 15 is 0 Å². The predicted molar refractivity (Wildman–Crippen MR) is 107 cm³/mol. The molecule has 2 N–H and O–H groups in total. The van der Waals surface area contributed by atoms with Crippen LogP contribution in [0.1, 0.15) is 12.5 Å². The van der Waals surface area contributed by atoms with Gasteiger partial charge in [0.2, 0.25) is 10.0 Å². The van der Waals surface area contributed by atoms with E-state index in [1.807, 2.05) is 0 Å². The molecule has 10 nitrogen and oxygen atoms in total. The number of rotatable bonds is 7. The third-order valence-corrected chi connectivity index (χ3v) is 6.54. The van der Waals surface area contributed by atoms with E-state index in [9.17, 15) is 23.3 Å². The fourth-order valence-corrected chi connectivity index (χ4v) is 4.72. The second-order valence-corrected chi connectivity index (χ2v) is 8.32. The zero-order chi connectivity index (χ0) is 21.9. The number of hydroxylamine groups is 1. The summed E-state index contributed by atoms with van der Waals surface area (Å²) in [7, 11) is -4.24. The molecule has 1 heterocycles. The second-order valence-electron chi connectivity index (χ2n) is 6.46. The Kier molecular flexibility index (Phi) is 6.06. The number of non-ortho nitro benzene ring substituents is 1. The predicted octanol–water partition coefficient (Wildman–Crippen LogP) is 2.23. The number of nitro benzene ring substituents is 1. The van der Waals surface area contributed by atoms with Crippen LogP contribution in [0, 0.1) is 10.1 Å². The van der Waals surface area contributed by atoms with Gasteiger partial charge >= 0.3 is 0 Å². The lowest BCUT2D eigenvalue weighted by atomic mass is 10.2. The lowest BCUT2D eigenvalue weighted by Crippen LogP contribution is -2.46. The number of fused-ring (bicyclic) bond motifs is 1. The van der Waals surface area contributed by atoms with E-state index in [1.165, 1.54) is 48.9 Å². The average molecular weight is 430 g/mol. The Hall–Kier alpha value is -3.41. The molecule has 0 fully saturated rings. The third-order valence-electron chi connectivity index (χ3n) is 4.59. The van der Waals surface area contributed by atoms with Crippen molar-refractivity contribution in [3.8, 4) is 0 Å². The minimum absolute atomic E-state index is 0.0971. The number of carbonyl (C=O) groups is 1. The summed E-state index contributed by atoms with van der Waals surface area (Å²) < 4.78 is 27.9. The first-order valence-corrected chi connectivity index (χ1v) is 10.2. The Morgan fingerprint density at radius 2 is 1.87 bits per heavy atom. The highest BCUT2D eigenvalue weighted by molar-refractivity contribution is 7.89. The molecule has 0 aliphatic carbocycles. The Labute approximate surface area is 171 Å². The number of amides is 1. The van der Waals surface area contributed by atoms with Gasteiger partial charge in [0.1, 0.15) is 10.9 Å². The molecular weight excluding hydrogens is 412 g/mol. The molecule has 0 radical (unpaired) electrons. The number of hydrogen-bond donors (Lipinski definition) is 2. The van der Waals surface area contributed by atoms with Gasteiger partial charge in [0.25, 0.3) is 11.6 Å². The third kappa shape index (κ3) is 4.13. The van der Waals surface area contributed by atoms with E-state index in [0.29, 0.717) is 10.9 Å². The Bertz CT molecular complexity index is 1190. The van der Waals surface area contributed by atoms with Crippen molar-refractivity contribution >= 4 is 32.5 Å². The van der Waals surface area contributed by atoms with Crippen molar-refractivity contribution in [2.24, 2.45) is 0 Å². The number of para-hydroxylation sites is 1. The minimum Gasteiger partial charge on any atom is -0.289 e. The molecule has 3 rings (SSSR count). The van der Waals surface area contributed by atoms with Gasteiger partial charge < -0.3 is 0 Å². The molecule has 0 saturated heterocycles. The van der Waals surface area contributed by atoms with Crippen molar-refractivity contribution in [1.29, 1.82) is 0 Å². The summed E-state index contributed by atoms with van der Waals surface area (Å²) in [6, 6.07) is 12.1. The van der Waals surface area contributed by atoms with Crippen molar-refractivity contribution in [3.63, 3.8) is 0 Å². The number of nitro groups is 1. The molecule has 156 valence electrons. The largest absolute Gasteiger partial charge is 0.289 e. The molecule has 3 aromatic rings. The molecule has 11 heteroatoms. The van der Waals surface area contributed by atoms with Crippen molar-refractivity contribution < 1.29 is 23.3 Å². The highest BCUT2D eigenvalue weighted by atomic mass is 32.2. The lowest BCUT2D eigenvalue weighted by Gasteiger charge is -2.27. The van der Waals surface area contributed by atoms with Gasteiger partial charge in [-0.1, -0.05) is 30.3 Å². The first-order chi connectivity index (χ1) is 14.3. The van der Waals surface area contributed by atoms with Crippen LogP contribution in [0.25, 0.3) is 10.9 Å². The summed E-state index contributed by atoms with van der Waals surface area (Å²) in [5, 5.41) is 20.5. The van der Waals surface area contributed by atoms with E-state index in [0.717, 1.165) is 4.31 Å². The van der Waals surface area contributed by atoms with Gasteiger partial charge in [-0.05, 0) is 24.6 Å². The van der Waals surface area contributed by atoms with Gasteiger partial charge in [0.05, 0.1) is 10.4 Å². The molecule has 0 aliphatic heterocycles. The van der Waals surface area contributed by atoms with Gasteiger partial charge in [-0.2, -0.15) is 4.31 Å². The zero-order valence-electron chi connectivity index (χ0n) is 15.8. The van der Waals surface area contributed by atoms with Gasteiger partial charge in [-0.25, -0.2) is 13.9 Å². The molecule has 2 aromatic carbocycles. The number of carbonyl (C=O) groups excluding carboxylic acids is 1. The molecule has 30 heavy (non-hydrogen) atoms. The second kappa shape index (κ2) is 8.53. The number of nitrogens with zero attached hydrogens (tertiary/aromatic N) is 3. The minimum atomic E-state index is -4.24. The van der Waals surface area contributed by atoms with Gasteiger partial charge in [0, 0.05) is 30.3 Å². The van der Waals surface area contributed by atoms with Crippen molar-refractivity contribution in [1.82, 2.24) is 14.8 Å². The molecule has 0 saturated carbocycles. The number of aromatic nitrogens is 1. The van der Waals surface area contributed by atoms with Crippen LogP contribution in [0.5, 0.6) is 0 Å². The molecular formula is C19H18N4O6S. The van der Waals surface area contributed by atoms with Crippen LogP contribution in [0.15, 0.2) is 65.7 Å². The number of pyridine rings is 1. The van der Waals surface area contributed by atoms with Gasteiger partial charge in [0.15, 0.2) is 0 Å². The van der Waals surface area contributed by atoms with E-state index in [-0.39, 0.29) is 22.6 Å². The topological polar surface area (TPSA) is 143 Å². The molecule has 1 aromatic heterocycles. The lowest BCUT2D eigenvalue weighted by molar-refractivity contribution is -0.384. The van der Waals surface area contributed by atoms with Crippen LogP contribution >= 0.6 is 0 Å². The fraction of sp³-hybridized carbons (Fsp3) is 0.158. The van der Waals surface area contributed by atoms with Crippen molar-refractivity contribution in [3.05, 3.63) is 76.5 Å². The summed E-state index contributed by atoms with van der Waals surface area (Å²) in [6.07, 6.45) is 1.46. The average Bonchev–Trinajstić information content (AvgIpc) is 2.76. The van der Waals surface area contributed by atoms with E-state index in [4.69, 9.17) is 5.21 Å². The molecule has 0 bridgehead atoms. The molecule has 1 unspecified atom stereocenters. The summed E-state index contributed by atoms with van der Waals surface area (Å²) in [4.78, 5) is 26.4. The molecule has 1 atom stereocenters. The van der Waals surface area contributed by atoms with E-state index < -0.39 is 26.9 Å². The smallest absolute Gasteiger partial charge is 0.269 e. The van der Waals surface area contributed by atoms with Crippen molar-refractivity contribution in [2.75, 3.05) is 0 Å². The Morgan fingerprint density at radius 1 is 1.20 bits per heavy atom. The van der Waals surface area contributed by atoms with Crippen LogP contribution in [-0.4, -0.2) is 39.8 Å². The maximum absolute atomic E-state index is 13.5.